The zero-order valence-electron chi connectivity index (χ0n) is 15.0. The summed E-state index contributed by atoms with van der Waals surface area (Å²) >= 11 is 3.59. The summed E-state index contributed by atoms with van der Waals surface area (Å²) in [5.41, 5.74) is 4.12. The molecule has 2 heterocycles. The number of halogens is 1. The molecule has 1 aliphatic rings. The van der Waals surface area contributed by atoms with Gasteiger partial charge in [-0.3, -0.25) is 0 Å². The number of aliphatic hydroxyl groups is 1. The van der Waals surface area contributed by atoms with Gasteiger partial charge >= 0.3 is 0 Å². The smallest absolute Gasteiger partial charge is 0.132 e. The Morgan fingerprint density at radius 3 is 2.70 bits per heavy atom. The van der Waals surface area contributed by atoms with E-state index in [-0.39, 0.29) is 6.61 Å². The highest BCUT2D eigenvalue weighted by Crippen LogP contribution is 2.28. The van der Waals surface area contributed by atoms with Gasteiger partial charge in [-0.1, -0.05) is 40.2 Å². The van der Waals surface area contributed by atoms with Crippen molar-refractivity contribution in [1.82, 2.24) is 4.98 Å². The van der Waals surface area contributed by atoms with E-state index in [0.29, 0.717) is 6.54 Å². The van der Waals surface area contributed by atoms with Gasteiger partial charge in [0.05, 0.1) is 25.3 Å². The lowest BCUT2D eigenvalue weighted by Gasteiger charge is -2.31. The van der Waals surface area contributed by atoms with Gasteiger partial charge in [0.15, 0.2) is 0 Å². The molecule has 0 saturated carbocycles. The van der Waals surface area contributed by atoms with E-state index in [2.05, 4.69) is 44.3 Å². The van der Waals surface area contributed by atoms with Crippen molar-refractivity contribution in [3.63, 3.8) is 0 Å². The molecule has 0 aliphatic carbocycles. The predicted molar refractivity (Wildman–Crippen MR) is 112 cm³/mol. The Kier molecular flexibility index (Phi) is 5.57. The molecule has 0 amide bonds. The number of hydrogen-bond acceptors (Lipinski definition) is 5. The molecular weight excluding hydrogens is 406 g/mol. The fraction of sp³-hybridized carbons (Fsp3) is 0.286. The average molecular weight is 428 g/mol. The van der Waals surface area contributed by atoms with Crippen molar-refractivity contribution in [2.45, 2.75) is 13.2 Å². The van der Waals surface area contributed by atoms with Crippen LogP contribution in [0.15, 0.2) is 53.0 Å². The van der Waals surface area contributed by atoms with E-state index in [1.54, 1.807) is 0 Å². The first kappa shape index (κ1) is 18.2. The van der Waals surface area contributed by atoms with Crippen molar-refractivity contribution in [1.29, 1.82) is 0 Å². The number of ether oxygens (including phenoxy) is 1. The minimum atomic E-state index is -0.0448. The molecule has 2 N–H and O–H groups in total. The maximum absolute atomic E-state index is 9.76. The molecule has 1 aliphatic heterocycles. The molecule has 1 aromatic heterocycles. The molecule has 0 unspecified atom stereocenters. The van der Waals surface area contributed by atoms with Crippen LogP contribution in [-0.2, 0) is 17.9 Å². The number of nitrogens with one attached hydrogen (secondary N) is 1. The molecule has 0 spiro atoms. The Morgan fingerprint density at radius 2 is 1.89 bits per heavy atom. The van der Waals surface area contributed by atoms with Crippen LogP contribution >= 0.6 is 15.9 Å². The Hall–Kier alpha value is -2.15. The first-order chi connectivity index (χ1) is 13.2. The molecule has 1 saturated heterocycles. The molecule has 3 aromatic rings. The number of rotatable bonds is 5. The highest BCUT2D eigenvalue weighted by atomic mass is 79.9. The molecule has 1 fully saturated rings. The second-order valence-electron chi connectivity index (χ2n) is 6.57. The van der Waals surface area contributed by atoms with Gasteiger partial charge in [-0.25, -0.2) is 4.98 Å². The molecule has 4 rings (SSSR count). The van der Waals surface area contributed by atoms with E-state index in [4.69, 9.17) is 9.72 Å². The van der Waals surface area contributed by atoms with E-state index in [9.17, 15) is 5.11 Å². The van der Waals surface area contributed by atoms with Gasteiger partial charge in [0.1, 0.15) is 5.82 Å². The quantitative estimate of drug-likeness (QED) is 0.645. The van der Waals surface area contributed by atoms with Crippen molar-refractivity contribution < 1.29 is 9.84 Å². The van der Waals surface area contributed by atoms with Gasteiger partial charge in [-0.2, -0.15) is 0 Å². The number of para-hydroxylation sites is 1. The Morgan fingerprint density at radius 1 is 1.07 bits per heavy atom. The standard InChI is InChI=1S/C21H22BrN3O2/c22-18-6-5-16(20(12-18)25-7-9-27-10-8-25)13-23-21-17(14-26)11-15-3-1-2-4-19(15)24-21/h1-6,11-12,26H,7-10,13-14H2,(H,23,24). The van der Waals surface area contributed by atoms with Crippen LogP contribution in [0.5, 0.6) is 0 Å². The molecule has 27 heavy (non-hydrogen) atoms. The third kappa shape index (κ3) is 4.08. The average Bonchev–Trinajstić information content (AvgIpc) is 2.72. The van der Waals surface area contributed by atoms with Crippen LogP contribution in [0.4, 0.5) is 11.5 Å². The Balaban J connectivity index is 1.61. The van der Waals surface area contributed by atoms with Crippen LogP contribution < -0.4 is 10.2 Å². The van der Waals surface area contributed by atoms with Crippen molar-refractivity contribution in [3.8, 4) is 0 Å². The minimum Gasteiger partial charge on any atom is -0.392 e. The van der Waals surface area contributed by atoms with Gasteiger partial charge in [-0.15, -0.1) is 0 Å². The number of nitrogens with zero attached hydrogens (tertiary/aromatic N) is 2. The summed E-state index contributed by atoms with van der Waals surface area (Å²) in [5, 5.41) is 14.2. The van der Waals surface area contributed by atoms with Crippen molar-refractivity contribution in [2.24, 2.45) is 0 Å². The van der Waals surface area contributed by atoms with Crippen molar-refractivity contribution >= 4 is 38.3 Å². The van der Waals surface area contributed by atoms with Crippen LogP contribution in [0.1, 0.15) is 11.1 Å². The van der Waals surface area contributed by atoms with Gasteiger partial charge < -0.3 is 20.1 Å². The largest absolute Gasteiger partial charge is 0.392 e. The summed E-state index contributed by atoms with van der Waals surface area (Å²) in [5.74, 6) is 0.729. The molecule has 0 bridgehead atoms. The zero-order valence-corrected chi connectivity index (χ0v) is 16.6. The van der Waals surface area contributed by atoms with Crippen LogP contribution in [0.3, 0.4) is 0 Å². The Labute approximate surface area is 167 Å². The summed E-state index contributed by atoms with van der Waals surface area (Å²) in [4.78, 5) is 7.06. The highest BCUT2D eigenvalue weighted by Gasteiger charge is 2.16. The number of benzene rings is 2. The second-order valence-corrected chi connectivity index (χ2v) is 7.49. The lowest BCUT2D eigenvalue weighted by atomic mass is 10.1. The lowest BCUT2D eigenvalue weighted by Crippen LogP contribution is -2.37. The Bertz CT molecular complexity index is 942. The number of anilines is 2. The van der Waals surface area contributed by atoms with Crippen LogP contribution in [-0.4, -0.2) is 36.4 Å². The third-order valence-electron chi connectivity index (χ3n) is 4.82. The maximum Gasteiger partial charge on any atom is 0.132 e. The van der Waals surface area contributed by atoms with E-state index in [1.165, 1.54) is 11.3 Å². The fourth-order valence-electron chi connectivity index (χ4n) is 3.40. The number of hydrogen-bond donors (Lipinski definition) is 2. The molecule has 0 radical (unpaired) electrons. The minimum absolute atomic E-state index is 0.0448. The van der Waals surface area contributed by atoms with Gasteiger partial charge in [-0.05, 0) is 29.8 Å². The monoisotopic (exact) mass is 427 g/mol. The van der Waals surface area contributed by atoms with E-state index in [0.717, 1.165) is 53.1 Å². The molecule has 0 atom stereocenters. The zero-order chi connectivity index (χ0) is 18.6. The predicted octanol–water partition coefficient (Wildman–Crippen LogP) is 3.94. The maximum atomic E-state index is 9.76. The van der Waals surface area contributed by atoms with E-state index >= 15 is 0 Å². The topological polar surface area (TPSA) is 57.6 Å². The normalized spacial score (nSPS) is 14.5. The van der Waals surface area contributed by atoms with Crippen LogP contribution in [0.25, 0.3) is 10.9 Å². The number of aromatic nitrogens is 1. The van der Waals surface area contributed by atoms with E-state index < -0.39 is 0 Å². The molecule has 2 aromatic carbocycles. The fourth-order valence-corrected chi connectivity index (χ4v) is 3.75. The summed E-state index contributed by atoms with van der Waals surface area (Å²) < 4.78 is 6.55. The SMILES string of the molecule is OCc1cc2ccccc2nc1NCc1ccc(Br)cc1N1CCOCC1. The summed E-state index contributed by atoms with van der Waals surface area (Å²) in [6.45, 7) is 3.87. The molecular formula is C21H22BrN3O2. The summed E-state index contributed by atoms with van der Waals surface area (Å²) in [6.07, 6.45) is 0. The highest BCUT2D eigenvalue weighted by molar-refractivity contribution is 9.10. The van der Waals surface area contributed by atoms with Crippen molar-refractivity contribution in [3.05, 3.63) is 64.1 Å². The number of aliphatic hydroxyl groups excluding tert-OH is 1. The first-order valence-electron chi connectivity index (χ1n) is 9.09. The summed E-state index contributed by atoms with van der Waals surface area (Å²) in [7, 11) is 0. The third-order valence-corrected chi connectivity index (χ3v) is 5.31. The first-order valence-corrected chi connectivity index (χ1v) is 9.88. The van der Waals surface area contributed by atoms with Gasteiger partial charge in [0, 0.05) is 40.7 Å². The van der Waals surface area contributed by atoms with Gasteiger partial charge in [0.25, 0.3) is 0 Å². The van der Waals surface area contributed by atoms with Gasteiger partial charge in [0.2, 0.25) is 0 Å². The summed E-state index contributed by atoms with van der Waals surface area (Å²) in [6, 6.07) is 16.3. The van der Waals surface area contributed by atoms with Crippen LogP contribution in [0.2, 0.25) is 0 Å². The lowest BCUT2D eigenvalue weighted by molar-refractivity contribution is 0.122. The molecule has 140 valence electrons. The number of morpholine rings is 1. The van der Waals surface area contributed by atoms with Crippen molar-refractivity contribution in [2.75, 3.05) is 36.5 Å². The second kappa shape index (κ2) is 8.25. The van der Waals surface area contributed by atoms with Crippen LogP contribution in [0, 0.1) is 0 Å². The van der Waals surface area contributed by atoms with E-state index in [1.807, 2.05) is 30.3 Å². The number of fused-ring (bicyclic) bond motifs is 1. The molecule has 6 heteroatoms. The number of pyridine rings is 1. The molecule has 5 nitrogen and oxygen atoms in total.